The minimum Gasteiger partial charge on any atom is -0.459 e. The fraction of sp³-hybridized carbons (Fsp3) is 0.182. The maximum absolute atomic E-state index is 12.4. The summed E-state index contributed by atoms with van der Waals surface area (Å²) in [5.41, 5.74) is 1.66. The van der Waals surface area contributed by atoms with Gasteiger partial charge in [-0.1, -0.05) is 6.07 Å². The Balaban J connectivity index is 1.34. The highest BCUT2D eigenvalue weighted by molar-refractivity contribution is 6.04. The van der Waals surface area contributed by atoms with E-state index in [9.17, 15) is 19.7 Å². The van der Waals surface area contributed by atoms with Crippen molar-refractivity contribution < 1.29 is 18.9 Å². The molecule has 1 saturated heterocycles. The topological polar surface area (TPSA) is 109 Å². The van der Waals surface area contributed by atoms with Gasteiger partial charge in [-0.05, 0) is 42.5 Å². The molecule has 31 heavy (non-hydrogen) atoms. The number of nitro benzene ring substituents is 1. The van der Waals surface area contributed by atoms with Gasteiger partial charge in [0.2, 0.25) is 0 Å². The van der Waals surface area contributed by atoms with Crippen LogP contribution in [0.15, 0.2) is 71.3 Å². The van der Waals surface area contributed by atoms with E-state index in [4.69, 9.17) is 4.42 Å². The minimum absolute atomic E-state index is 0.108. The highest BCUT2D eigenvalue weighted by Crippen LogP contribution is 2.21. The van der Waals surface area contributed by atoms with Gasteiger partial charge in [-0.15, -0.1) is 0 Å². The van der Waals surface area contributed by atoms with Gasteiger partial charge < -0.3 is 19.5 Å². The summed E-state index contributed by atoms with van der Waals surface area (Å²) >= 11 is 0. The Morgan fingerprint density at radius 1 is 0.968 bits per heavy atom. The molecule has 0 spiro atoms. The fourth-order valence-electron chi connectivity index (χ4n) is 3.44. The van der Waals surface area contributed by atoms with Gasteiger partial charge in [0.25, 0.3) is 17.5 Å². The van der Waals surface area contributed by atoms with Crippen molar-refractivity contribution in [1.82, 2.24) is 4.90 Å². The zero-order valence-electron chi connectivity index (χ0n) is 16.6. The molecule has 0 aliphatic carbocycles. The number of piperazine rings is 1. The zero-order chi connectivity index (χ0) is 21.8. The average molecular weight is 420 g/mol. The number of hydrogen-bond acceptors (Lipinski definition) is 6. The molecule has 0 saturated carbocycles. The van der Waals surface area contributed by atoms with E-state index in [1.54, 1.807) is 29.2 Å². The first-order valence-electron chi connectivity index (χ1n) is 9.75. The van der Waals surface area contributed by atoms with Crippen LogP contribution in [-0.4, -0.2) is 47.8 Å². The van der Waals surface area contributed by atoms with Crippen LogP contribution in [0.5, 0.6) is 0 Å². The molecule has 3 aromatic rings. The summed E-state index contributed by atoms with van der Waals surface area (Å²) in [5.74, 6) is -0.178. The largest absolute Gasteiger partial charge is 0.459 e. The molecule has 0 bridgehead atoms. The number of nitro groups is 1. The smallest absolute Gasteiger partial charge is 0.289 e. The Kier molecular flexibility index (Phi) is 5.65. The number of nitrogens with zero attached hydrogens (tertiary/aromatic N) is 3. The minimum atomic E-state index is -0.534. The van der Waals surface area contributed by atoms with Crippen LogP contribution < -0.4 is 10.2 Å². The number of nitrogens with one attached hydrogen (secondary N) is 1. The number of anilines is 2. The monoisotopic (exact) mass is 420 g/mol. The molecule has 2 amide bonds. The molecule has 1 fully saturated rings. The number of carbonyl (C=O) groups excluding carboxylic acids is 2. The normalized spacial score (nSPS) is 13.7. The van der Waals surface area contributed by atoms with Crippen molar-refractivity contribution in [3.05, 3.63) is 88.4 Å². The van der Waals surface area contributed by atoms with Gasteiger partial charge in [-0.3, -0.25) is 19.7 Å². The Morgan fingerprint density at radius 3 is 2.35 bits per heavy atom. The van der Waals surface area contributed by atoms with Gasteiger partial charge in [-0.2, -0.15) is 0 Å². The second-order valence-electron chi connectivity index (χ2n) is 7.06. The third-order valence-corrected chi connectivity index (χ3v) is 5.11. The summed E-state index contributed by atoms with van der Waals surface area (Å²) in [6, 6.07) is 16.3. The van der Waals surface area contributed by atoms with Gasteiger partial charge in [0.1, 0.15) is 0 Å². The molecule has 1 aromatic heterocycles. The number of benzene rings is 2. The molecule has 158 valence electrons. The van der Waals surface area contributed by atoms with Crippen LogP contribution in [0.25, 0.3) is 0 Å². The number of furan rings is 1. The van der Waals surface area contributed by atoms with E-state index in [2.05, 4.69) is 10.2 Å². The maximum atomic E-state index is 12.4. The molecule has 0 atom stereocenters. The van der Waals surface area contributed by atoms with Crippen molar-refractivity contribution in [2.24, 2.45) is 0 Å². The lowest BCUT2D eigenvalue weighted by Gasteiger charge is -2.35. The predicted molar refractivity (Wildman–Crippen MR) is 114 cm³/mol. The lowest BCUT2D eigenvalue weighted by atomic mass is 10.1. The molecule has 9 heteroatoms. The Labute approximate surface area is 178 Å². The second kappa shape index (κ2) is 8.70. The molecule has 4 rings (SSSR count). The lowest BCUT2D eigenvalue weighted by molar-refractivity contribution is -0.384. The summed E-state index contributed by atoms with van der Waals surface area (Å²) in [4.78, 5) is 39.0. The van der Waals surface area contributed by atoms with Gasteiger partial charge in [0, 0.05) is 55.2 Å². The number of rotatable bonds is 5. The van der Waals surface area contributed by atoms with E-state index in [0.717, 1.165) is 5.69 Å². The van der Waals surface area contributed by atoms with Crippen molar-refractivity contribution >= 4 is 28.9 Å². The first kappa shape index (κ1) is 20.1. The molecule has 9 nitrogen and oxygen atoms in total. The molecule has 0 radical (unpaired) electrons. The molecular weight excluding hydrogens is 400 g/mol. The summed E-state index contributed by atoms with van der Waals surface area (Å²) < 4.78 is 5.18. The van der Waals surface area contributed by atoms with E-state index in [1.807, 2.05) is 12.1 Å². The Hall–Kier alpha value is -4.14. The maximum Gasteiger partial charge on any atom is 0.289 e. The van der Waals surface area contributed by atoms with Crippen LogP contribution in [0.1, 0.15) is 20.9 Å². The first-order valence-corrected chi connectivity index (χ1v) is 9.75. The summed E-state index contributed by atoms with van der Waals surface area (Å²) in [7, 11) is 0. The van der Waals surface area contributed by atoms with Gasteiger partial charge in [0.15, 0.2) is 5.76 Å². The Morgan fingerprint density at radius 2 is 1.71 bits per heavy atom. The number of carbonyl (C=O) groups is 2. The van der Waals surface area contributed by atoms with Crippen LogP contribution in [0.3, 0.4) is 0 Å². The van der Waals surface area contributed by atoms with Crippen LogP contribution >= 0.6 is 0 Å². The highest BCUT2D eigenvalue weighted by atomic mass is 16.6. The van der Waals surface area contributed by atoms with Crippen LogP contribution in [0, 0.1) is 10.1 Å². The lowest BCUT2D eigenvalue weighted by Crippen LogP contribution is -2.48. The van der Waals surface area contributed by atoms with E-state index in [1.165, 1.54) is 30.5 Å². The van der Waals surface area contributed by atoms with E-state index in [-0.39, 0.29) is 17.2 Å². The van der Waals surface area contributed by atoms with Crippen molar-refractivity contribution in [1.29, 1.82) is 0 Å². The molecule has 1 aliphatic heterocycles. The standard InChI is InChI=1S/C22H20N4O5/c27-21(16-3-1-4-19(15-16)26(29)30)23-17-6-8-18(9-7-17)24-10-12-25(13-11-24)22(28)20-5-2-14-31-20/h1-9,14-15H,10-13H2,(H,23,27). The third kappa shape index (κ3) is 4.55. The van der Waals surface area contributed by atoms with E-state index in [0.29, 0.717) is 37.6 Å². The summed E-state index contributed by atoms with van der Waals surface area (Å²) in [6.45, 7) is 2.55. The van der Waals surface area contributed by atoms with Gasteiger partial charge >= 0.3 is 0 Å². The SMILES string of the molecule is O=C(Nc1ccc(N2CCN(C(=O)c3ccco3)CC2)cc1)c1cccc([N+](=O)[O-])c1. The van der Waals surface area contributed by atoms with E-state index >= 15 is 0 Å². The molecule has 1 aliphatic rings. The molecule has 0 unspecified atom stereocenters. The first-order chi connectivity index (χ1) is 15.0. The van der Waals surface area contributed by atoms with Crippen LogP contribution in [-0.2, 0) is 0 Å². The molecule has 2 aromatic carbocycles. The third-order valence-electron chi connectivity index (χ3n) is 5.11. The van der Waals surface area contributed by atoms with Gasteiger partial charge in [0.05, 0.1) is 11.2 Å². The number of hydrogen-bond donors (Lipinski definition) is 1. The van der Waals surface area contributed by atoms with Crippen molar-refractivity contribution in [3.8, 4) is 0 Å². The molecule has 1 N–H and O–H groups in total. The number of non-ortho nitro benzene ring substituents is 1. The van der Waals surface area contributed by atoms with Crippen molar-refractivity contribution in [2.45, 2.75) is 0 Å². The van der Waals surface area contributed by atoms with E-state index < -0.39 is 10.8 Å². The highest BCUT2D eigenvalue weighted by Gasteiger charge is 2.23. The predicted octanol–water partition coefficient (Wildman–Crippen LogP) is 3.40. The summed E-state index contributed by atoms with van der Waals surface area (Å²) in [5, 5.41) is 13.6. The van der Waals surface area contributed by atoms with Crippen molar-refractivity contribution in [3.63, 3.8) is 0 Å². The van der Waals surface area contributed by atoms with Crippen LogP contribution in [0.2, 0.25) is 0 Å². The zero-order valence-corrected chi connectivity index (χ0v) is 16.6. The van der Waals surface area contributed by atoms with Gasteiger partial charge in [-0.25, -0.2) is 0 Å². The number of amides is 2. The van der Waals surface area contributed by atoms with Crippen LogP contribution in [0.4, 0.5) is 17.1 Å². The molecule has 2 heterocycles. The Bertz CT molecular complexity index is 1090. The quantitative estimate of drug-likeness (QED) is 0.501. The van der Waals surface area contributed by atoms with Crippen molar-refractivity contribution in [2.75, 3.05) is 36.4 Å². The average Bonchev–Trinajstić information content (AvgIpc) is 3.34. The molecular formula is C22H20N4O5. The second-order valence-corrected chi connectivity index (χ2v) is 7.06. The fourth-order valence-corrected chi connectivity index (χ4v) is 3.44. The summed E-state index contributed by atoms with van der Waals surface area (Å²) in [6.07, 6.45) is 1.49.